The van der Waals surface area contributed by atoms with E-state index in [1.54, 1.807) is 28.6 Å². The van der Waals surface area contributed by atoms with Crippen LogP contribution in [0.3, 0.4) is 0 Å². The van der Waals surface area contributed by atoms with Gasteiger partial charge in [0.05, 0.1) is 11.4 Å². The van der Waals surface area contributed by atoms with E-state index < -0.39 is 10.0 Å². The minimum Gasteiger partial charge on any atom is -0.376 e. The highest BCUT2D eigenvalue weighted by Gasteiger charge is 2.25. The van der Waals surface area contributed by atoms with Crippen molar-refractivity contribution in [1.29, 1.82) is 0 Å². The second-order valence-corrected chi connectivity index (χ2v) is 8.70. The van der Waals surface area contributed by atoms with Gasteiger partial charge in [-0.1, -0.05) is 24.6 Å². The molecule has 0 saturated carbocycles. The number of nitrogens with zero attached hydrogens (tertiary/aromatic N) is 1. The van der Waals surface area contributed by atoms with Crippen LogP contribution in [0.15, 0.2) is 53.4 Å². The molecule has 27 heavy (non-hydrogen) atoms. The smallest absolute Gasteiger partial charge is 0.243 e. The van der Waals surface area contributed by atoms with Gasteiger partial charge in [-0.25, -0.2) is 8.42 Å². The van der Waals surface area contributed by atoms with Crippen molar-refractivity contribution in [3.63, 3.8) is 0 Å². The zero-order chi connectivity index (χ0) is 19.3. The molecule has 7 heteroatoms. The summed E-state index contributed by atoms with van der Waals surface area (Å²) in [6.45, 7) is 3.15. The fourth-order valence-electron chi connectivity index (χ4n) is 3.13. The van der Waals surface area contributed by atoms with Crippen LogP contribution in [-0.2, 0) is 14.8 Å². The third kappa shape index (κ3) is 5.08. The third-order valence-corrected chi connectivity index (χ3v) is 6.44. The van der Waals surface area contributed by atoms with E-state index >= 15 is 0 Å². The first-order valence-electron chi connectivity index (χ1n) is 9.16. The van der Waals surface area contributed by atoms with Gasteiger partial charge in [0.15, 0.2) is 0 Å². The molecule has 2 aromatic rings. The quantitative estimate of drug-likeness (QED) is 0.798. The molecule has 1 aliphatic heterocycles. The molecule has 2 N–H and O–H groups in total. The molecule has 1 fully saturated rings. The molecule has 3 rings (SSSR count). The summed E-state index contributed by atoms with van der Waals surface area (Å²) in [7, 11) is -3.48. The van der Waals surface area contributed by atoms with Crippen molar-refractivity contribution < 1.29 is 13.2 Å². The van der Waals surface area contributed by atoms with Crippen LogP contribution in [0.5, 0.6) is 0 Å². The third-order valence-electron chi connectivity index (χ3n) is 4.54. The predicted octanol–water partition coefficient (Wildman–Crippen LogP) is 3.22. The Hall–Kier alpha value is -2.38. The van der Waals surface area contributed by atoms with E-state index in [9.17, 15) is 13.2 Å². The molecule has 144 valence electrons. The Bertz CT molecular complexity index is 906. The van der Waals surface area contributed by atoms with E-state index in [0.717, 1.165) is 30.5 Å². The van der Waals surface area contributed by atoms with Crippen molar-refractivity contribution in [2.45, 2.75) is 31.1 Å². The Morgan fingerprint density at radius 3 is 2.44 bits per heavy atom. The standard InChI is InChI=1S/C20H25N3O3S/c1-16-7-5-9-18(13-16)22-20(24)15-21-17-8-6-10-19(14-17)27(25,26)23-11-3-2-4-12-23/h5-10,13-14,21H,2-4,11-12,15H2,1H3,(H,22,24). The monoisotopic (exact) mass is 387 g/mol. The average Bonchev–Trinajstić information content (AvgIpc) is 2.67. The first kappa shape index (κ1) is 19.4. The van der Waals surface area contributed by atoms with E-state index in [-0.39, 0.29) is 17.3 Å². The maximum absolute atomic E-state index is 12.8. The highest BCUT2D eigenvalue weighted by atomic mass is 32.2. The van der Waals surface area contributed by atoms with Crippen molar-refractivity contribution >= 4 is 27.3 Å². The summed E-state index contributed by atoms with van der Waals surface area (Å²) in [6.07, 6.45) is 2.87. The number of nitrogens with one attached hydrogen (secondary N) is 2. The molecule has 0 aliphatic carbocycles. The number of sulfonamides is 1. The number of amides is 1. The number of piperidine rings is 1. The molecule has 6 nitrogen and oxygen atoms in total. The van der Waals surface area contributed by atoms with Crippen molar-refractivity contribution in [3.8, 4) is 0 Å². The maximum Gasteiger partial charge on any atom is 0.243 e. The van der Waals surface area contributed by atoms with Crippen molar-refractivity contribution in [3.05, 3.63) is 54.1 Å². The van der Waals surface area contributed by atoms with E-state index in [1.807, 2.05) is 31.2 Å². The predicted molar refractivity (Wildman–Crippen MR) is 107 cm³/mol. The van der Waals surface area contributed by atoms with Gasteiger partial charge in [0.1, 0.15) is 0 Å². The highest BCUT2D eigenvalue weighted by molar-refractivity contribution is 7.89. The molecule has 1 heterocycles. The van der Waals surface area contributed by atoms with Crippen LogP contribution in [-0.4, -0.2) is 38.3 Å². The molecule has 0 radical (unpaired) electrons. The molecule has 1 saturated heterocycles. The fraction of sp³-hybridized carbons (Fsp3) is 0.350. The van der Waals surface area contributed by atoms with Crippen LogP contribution >= 0.6 is 0 Å². The number of hydrogen-bond donors (Lipinski definition) is 2. The van der Waals surface area contributed by atoms with Gasteiger partial charge in [0, 0.05) is 24.5 Å². The molecule has 0 aromatic heterocycles. The summed E-state index contributed by atoms with van der Waals surface area (Å²) in [5.41, 5.74) is 2.41. The molecular formula is C20H25N3O3S. The van der Waals surface area contributed by atoms with Crippen molar-refractivity contribution in [2.24, 2.45) is 0 Å². The van der Waals surface area contributed by atoms with E-state index in [1.165, 1.54) is 0 Å². The second-order valence-electron chi connectivity index (χ2n) is 6.76. The van der Waals surface area contributed by atoms with Gasteiger partial charge in [0.2, 0.25) is 15.9 Å². The Morgan fingerprint density at radius 2 is 1.70 bits per heavy atom. The average molecular weight is 388 g/mol. The number of carbonyl (C=O) groups is 1. The van der Waals surface area contributed by atoms with Gasteiger partial charge in [-0.2, -0.15) is 4.31 Å². The van der Waals surface area contributed by atoms with Gasteiger partial charge in [-0.05, 0) is 55.7 Å². The summed E-state index contributed by atoms with van der Waals surface area (Å²) in [5, 5.41) is 5.82. The lowest BCUT2D eigenvalue weighted by Crippen LogP contribution is -2.35. The first-order valence-corrected chi connectivity index (χ1v) is 10.6. The van der Waals surface area contributed by atoms with Gasteiger partial charge in [0.25, 0.3) is 0 Å². The summed E-state index contributed by atoms with van der Waals surface area (Å²) in [6, 6.07) is 14.2. The first-order chi connectivity index (χ1) is 12.9. The number of aryl methyl sites for hydroxylation is 1. The molecular weight excluding hydrogens is 362 g/mol. The molecule has 0 atom stereocenters. The topological polar surface area (TPSA) is 78.5 Å². The van der Waals surface area contributed by atoms with Gasteiger partial charge in [-0.15, -0.1) is 0 Å². The number of carbonyl (C=O) groups excluding carboxylic acids is 1. The van der Waals surface area contributed by atoms with Crippen LogP contribution in [0.25, 0.3) is 0 Å². The Morgan fingerprint density at radius 1 is 1.00 bits per heavy atom. The molecule has 0 unspecified atom stereocenters. The fourth-order valence-corrected chi connectivity index (χ4v) is 4.69. The molecule has 1 amide bonds. The van der Waals surface area contributed by atoms with Crippen molar-refractivity contribution in [1.82, 2.24) is 4.31 Å². The van der Waals surface area contributed by atoms with Gasteiger partial charge >= 0.3 is 0 Å². The van der Waals surface area contributed by atoms with Crippen LogP contribution in [0.2, 0.25) is 0 Å². The molecule has 2 aromatic carbocycles. The zero-order valence-corrected chi connectivity index (χ0v) is 16.3. The summed E-state index contributed by atoms with van der Waals surface area (Å²) in [4.78, 5) is 12.4. The minimum absolute atomic E-state index is 0.0567. The molecule has 1 aliphatic rings. The molecule has 0 spiro atoms. The second kappa shape index (κ2) is 8.54. The number of rotatable bonds is 6. The largest absolute Gasteiger partial charge is 0.376 e. The number of hydrogen-bond acceptors (Lipinski definition) is 4. The van der Waals surface area contributed by atoms with E-state index in [4.69, 9.17) is 0 Å². The maximum atomic E-state index is 12.8. The van der Waals surface area contributed by atoms with Crippen molar-refractivity contribution in [2.75, 3.05) is 30.3 Å². The summed E-state index contributed by atoms with van der Waals surface area (Å²) in [5.74, 6) is -0.190. The van der Waals surface area contributed by atoms with E-state index in [0.29, 0.717) is 18.8 Å². The Balaban J connectivity index is 1.63. The van der Waals surface area contributed by atoms with Crippen LogP contribution < -0.4 is 10.6 Å². The van der Waals surface area contributed by atoms with Gasteiger partial charge < -0.3 is 10.6 Å². The lowest BCUT2D eigenvalue weighted by Gasteiger charge is -2.26. The number of anilines is 2. The van der Waals surface area contributed by atoms with E-state index in [2.05, 4.69) is 10.6 Å². The Kier molecular flexibility index (Phi) is 6.13. The Labute approximate surface area is 160 Å². The SMILES string of the molecule is Cc1cccc(NC(=O)CNc2cccc(S(=O)(=O)N3CCCCC3)c2)c1. The lowest BCUT2D eigenvalue weighted by molar-refractivity contribution is -0.114. The number of benzene rings is 2. The normalized spacial score (nSPS) is 15.3. The summed E-state index contributed by atoms with van der Waals surface area (Å²) >= 11 is 0. The zero-order valence-electron chi connectivity index (χ0n) is 15.4. The highest BCUT2D eigenvalue weighted by Crippen LogP contribution is 2.22. The van der Waals surface area contributed by atoms with Crippen LogP contribution in [0.4, 0.5) is 11.4 Å². The van der Waals surface area contributed by atoms with Crippen LogP contribution in [0, 0.1) is 6.92 Å². The summed E-state index contributed by atoms with van der Waals surface area (Å²) < 4.78 is 27.1. The molecule has 0 bridgehead atoms. The van der Waals surface area contributed by atoms with Crippen LogP contribution in [0.1, 0.15) is 24.8 Å². The van der Waals surface area contributed by atoms with Gasteiger partial charge in [-0.3, -0.25) is 4.79 Å². The lowest BCUT2D eigenvalue weighted by atomic mass is 10.2. The minimum atomic E-state index is -3.48.